The number of benzene rings is 1. The zero-order chi connectivity index (χ0) is 8.48. The summed E-state index contributed by atoms with van der Waals surface area (Å²) in [5.74, 6) is 0. The summed E-state index contributed by atoms with van der Waals surface area (Å²) in [7, 11) is 0. The predicted molar refractivity (Wildman–Crippen MR) is 37.5 cm³/mol. The maximum absolute atomic E-state index is 12.0. The molecule has 0 saturated heterocycles. The summed E-state index contributed by atoms with van der Waals surface area (Å²) in [6, 6.07) is 5.99. The van der Waals surface area contributed by atoms with Crippen LogP contribution in [-0.4, -0.2) is 0 Å². The van der Waals surface area contributed by atoms with Crippen LogP contribution in [0.15, 0.2) is 23.1 Å². The van der Waals surface area contributed by atoms with Crippen LogP contribution in [0, 0.1) is 6.07 Å². The summed E-state index contributed by atoms with van der Waals surface area (Å²) in [5, 5.41) is 0. The first-order valence-corrected chi connectivity index (χ1v) is 3.23. The second kappa shape index (κ2) is 2.77. The van der Waals surface area contributed by atoms with Crippen LogP contribution in [0.5, 0.6) is 0 Å². The van der Waals surface area contributed by atoms with Crippen molar-refractivity contribution in [1.82, 2.24) is 0 Å². The van der Waals surface area contributed by atoms with Gasteiger partial charge in [0.25, 0.3) is 0 Å². The first kappa shape index (κ1) is 8.46. The molecule has 0 fully saturated rings. The Morgan fingerprint density at radius 1 is 1.36 bits per heavy atom. The van der Waals surface area contributed by atoms with Crippen molar-refractivity contribution < 1.29 is 13.2 Å². The molecule has 0 heterocycles. The summed E-state index contributed by atoms with van der Waals surface area (Å²) in [4.78, 5) is -0.167. The molecule has 1 aromatic rings. The van der Waals surface area contributed by atoms with E-state index < -0.39 is 11.7 Å². The molecule has 4 heteroatoms. The van der Waals surface area contributed by atoms with Crippen molar-refractivity contribution in [2.24, 2.45) is 0 Å². The van der Waals surface area contributed by atoms with E-state index in [9.17, 15) is 13.2 Å². The standard InChI is InChI=1S/C7H4F3S/c8-7(9,10)5-3-1-2-4-6(5)11/h1-3,11H. The summed E-state index contributed by atoms with van der Waals surface area (Å²) >= 11 is 3.62. The normalized spacial score (nSPS) is 11.6. The Kier molecular flexibility index (Phi) is 2.13. The van der Waals surface area contributed by atoms with Crippen LogP contribution in [0.25, 0.3) is 0 Å². The minimum absolute atomic E-state index is 0.167. The highest BCUT2D eigenvalue weighted by molar-refractivity contribution is 7.80. The molecule has 0 saturated carbocycles. The average Bonchev–Trinajstić information content (AvgIpc) is 1.86. The van der Waals surface area contributed by atoms with Crippen molar-refractivity contribution in [3.63, 3.8) is 0 Å². The Balaban J connectivity index is 3.14. The molecular weight excluding hydrogens is 173 g/mol. The third-order valence-corrected chi connectivity index (χ3v) is 1.51. The van der Waals surface area contributed by atoms with Crippen molar-refractivity contribution in [2.75, 3.05) is 0 Å². The first-order chi connectivity index (χ1) is 5.02. The third kappa shape index (κ3) is 1.89. The van der Waals surface area contributed by atoms with Crippen LogP contribution >= 0.6 is 12.6 Å². The quantitative estimate of drug-likeness (QED) is 0.579. The molecule has 0 N–H and O–H groups in total. The van der Waals surface area contributed by atoms with E-state index in [4.69, 9.17) is 0 Å². The van der Waals surface area contributed by atoms with E-state index in [1.807, 2.05) is 0 Å². The van der Waals surface area contributed by atoms with Crippen molar-refractivity contribution in [2.45, 2.75) is 11.1 Å². The number of hydrogen-bond acceptors (Lipinski definition) is 1. The fourth-order valence-electron chi connectivity index (χ4n) is 0.657. The molecule has 0 amide bonds. The van der Waals surface area contributed by atoms with E-state index in [0.29, 0.717) is 0 Å². The van der Waals surface area contributed by atoms with Crippen LogP contribution in [0.1, 0.15) is 5.56 Å². The van der Waals surface area contributed by atoms with Gasteiger partial charge in [-0.1, -0.05) is 12.1 Å². The second-order valence-electron chi connectivity index (χ2n) is 1.93. The predicted octanol–water partition coefficient (Wildman–Crippen LogP) is 2.79. The van der Waals surface area contributed by atoms with Gasteiger partial charge in [0.05, 0.1) is 5.56 Å². The van der Waals surface area contributed by atoms with Gasteiger partial charge in [-0.15, -0.1) is 12.6 Å². The molecule has 0 bridgehead atoms. The number of alkyl halides is 3. The molecule has 1 rings (SSSR count). The Morgan fingerprint density at radius 2 is 2.00 bits per heavy atom. The monoisotopic (exact) mass is 177 g/mol. The summed E-state index contributed by atoms with van der Waals surface area (Å²) in [5.41, 5.74) is -0.747. The van der Waals surface area contributed by atoms with E-state index in [1.54, 1.807) is 0 Å². The molecule has 1 radical (unpaired) electrons. The average molecular weight is 177 g/mol. The number of rotatable bonds is 0. The van der Waals surface area contributed by atoms with Gasteiger partial charge < -0.3 is 0 Å². The van der Waals surface area contributed by atoms with E-state index >= 15 is 0 Å². The molecule has 0 atom stereocenters. The Bertz CT molecular complexity index is 254. The maximum Gasteiger partial charge on any atom is 0.417 e. The maximum atomic E-state index is 12.0. The van der Waals surface area contributed by atoms with Gasteiger partial charge >= 0.3 is 6.18 Å². The van der Waals surface area contributed by atoms with Crippen LogP contribution in [0.3, 0.4) is 0 Å². The fraction of sp³-hybridized carbons (Fsp3) is 0.143. The van der Waals surface area contributed by atoms with Crippen LogP contribution < -0.4 is 0 Å². The van der Waals surface area contributed by atoms with E-state index in [-0.39, 0.29) is 4.90 Å². The zero-order valence-corrected chi connectivity index (χ0v) is 6.21. The van der Waals surface area contributed by atoms with Gasteiger partial charge in [0, 0.05) is 4.90 Å². The topological polar surface area (TPSA) is 0 Å². The van der Waals surface area contributed by atoms with E-state index in [0.717, 1.165) is 6.07 Å². The number of hydrogen-bond donors (Lipinski definition) is 1. The summed E-state index contributed by atoms with van der Waals surface area (Å²) < 4.78 is 35.9. The van der Waals surface area contributed by atoms with Gasteiger partial charge in [0.1, 0.15) is 0 Å². The molecule has 0 aromatic heterocycles. The summed E-state index contributed by atoms with van der Waals surface area (Å²) in [6.07, 6.45) is -4.32. The molecule has 1 aromatic carbocycles. The summed E-state index contributed by atoms with van der Waals surface area (Å²) in [6.45, 7) is 0. The van der Waals surface area contributed by atoms with Gasteiger partial charge in [0.2, 0.25) is 0 Å². The molecular formula is C7H4F3S. The smallest absolute Gasteiger partial charge is 0.166 e. The van der Waals surface area contributed by atoms with E-state index in [2.05, 4.69) is 18.7 Å². The highest BCUT2D eigenvalue weighted by Crippen LogP contribution is 2.32. The van der Waals surface area contributed by atoms with Crippen molar-refractivity contribution >= 4 is 12.6 Å². The molecule has 11 heavy (non-hydrogen) atoms. The Hall–Kier alpha value is -0.640. The van der Waals surface area contributed by atoms with Crippen molar-refractivity contribution in [3.8, 4) is 0 Å². The zero-order valence-electron chi connectivity index (χ0n) is 5.31. The highest BCUT2D eigenvalue weighted by Gasteiger charge is 2.32. The lowest BCUT2D eigenvalue weighted by Crippen LogP contribution is -2.05. The number of thiol groups is 1. The SMILES string of the molecule is FC(F)(F)c1ccc[c]c1S. The number of halogens is 3. The van der Waals surface area contributed by atoms with Gasteiger partial charge in [-0.05, 0) is 12.1 Å². The lowest BCUT2D eigenvalue weighted by atomic mass is 10.2. The minimum atomic E-state index is -4.32. The van der Waals surface area contributed by atoms with Crippen LogP contribution in [0.2, 0.25) is 0 Å². The third-order valence-electron chi connectivity index (χ3n) is 1.14. The molecule has 0 unspecified atom stereocenters. The molecule has 0 spiro atoms. The minimum Gasteiger partial charge on any atom is -0.166 e. The van der Waals surface area contributed by atoms with Gasteiger partial charge in [-0.2, -0.15) is 13.2 Å². The molecule has 0 aliphatic rings. The van der Waals surface area contributed by atoms with Gasteiger partial charge in [0.15, 0.2) is 0 Å². The second-order valence-corrected chi connectivity index (χ2v) is 2.38. The highest BCUT2D eigenvalue weighted by atomic mass is 32.1. The lowest BCUT2D eigenvalue weighted by Gasteiger charge is -2.07. The molecule has 0 aliphatic heterocycles. The molecule has 0 aliphatic carbocycles. The first-order valence-electron chi connectivity index (χ1n) is 2.78. The Labute approximate surface area is 67.4 Å². The molecule has 59 valence electrons. The van der Waals surface area contributed by atoms with E-state index in [1.165, 1.54) is 12.1 Å². The van der Waals surface area contributed by atoms with Crippen LogP contribution in [0.4, 0.5) is 13.2 Å². The largest absolute Gasteiger partial charge is 0.417 e. The lowest BCUT2D eigenvalue weighted by molar-refractivity contribution is -0.139. The van der Waals surface area contributed by atoms with Crippen LogP contribution in [-0.2, 0) is 6.18 Å². The van der Waals surface area contributed by atoms with Gasteiger partial charge in [-0.25, -0.2) is 0 Å². The molecule has 0 nitrogen and oxygen atoms in total. The fourth-order valence-corrected chi connectivity index (χ4v) is 0.933. The van der Waals surface area contributed by atoms with Gasteiger partial charge in [-0.3, -0.25) is 0 Å². The van der Waals surface area contributed by atoms with Crippen molar-refractivity contribution in [3.05, 3.63) is 29.8 Å². The Morgan fingerprint density at radius 3 is 2.36 bits per heavy atom. The van der Waals surface area contributed by atoms with Crippen molar-refractivity contribution in [1.29, 1.82) is 0 Å².